The molecule has 302 valence electrons. The van der Waals surface area contributed by atoms with Crippen molar-refractivity contribution in [3.05, 3.63) is 265 Å². The van der Waals surface area contributed by atoms with Crippen LogP contribution >= 0.6 is 0 Å². The van der Waals surface area contributed by atoms with Crippen molar-refractivity contribution in [3.8, 4) is 22.3 Å². The fourth-order valence-corrected chi connectivity index (χ4v) is 12.0. The molecule has 0 bridgehead atoms. The molecule has 65 heavy (non-hydrogen) atoms. The Kier molecular flexibility index (Phi) is 7.70. The van der Waals surface area contributed by atoms with Crippen molar-refractivity contribution in [2.24, 2.45) is 0 Å². The van der Waals surface area contributed by atoms with Gasteiger partial charge in [-0.15, -0.1) is 0 Å². The highest BCUT2D eigenvalue weighted by molar-refractivity contribution is 7.00. The van der Waals surface area contributed by atoms with Crippen molar-refractivity contribution in [2.45, 2.75) is 5.41 Å². The number of hydrogen-bond acceptors (Lipinski definition) is 3. The average molecular weight is 826 g/mol. The molecule has 1 spiro atoms. The predicted molar refractivity (Wildman–Crippen MR) is 271 cm³/mol. The number of anilines is 9. The van der Waals surface area contributed by atoms with E-state index in [0.29, 0.717) is 0 Å². The van der Waals surface area contributed by atoms with Gasteiger partial charge in [0.1, 0.15) is 0 Å². The number of hydrogen-bond donors (Lipinski definition) is 0. The van der Waals surface area contributed by atoms with Gasteiger partial charge in [-0.1, -0.05) is 164 Å². The maximum atomic E-state index is 2.59. The lowest BCUT2D eigenvalue weighted by molar-refractivity contribution is 0.794. The second kappa shape index (κ2) is 13.8. The topological polar surface area (TPSA) is 9.72 Å². The molecule has 1 atom stereocenters. The van der Waals surface area contributed by atoms with Crippen LogP contribution in [0.15, 0.2) is 243 Å². The van der Waals surface area contributed by atoms with Crippen molar-refractivity contribution < 1.29 is 0 Å². The number of nitrogens with zero attached hydrogens (tertiary/aromatic N) is 3. The Balaban J connectivity index is 1.08. The van der Waals surface area contributed by atoms with Gasteiger partial charge in [0.05, 0.1) is 11.1 Å². The summed E-state index contributed by atoms with van der Waals surface area (Å²) in [7, 11) is 0. The minimum Gasteiger partial charge on any atom is -0.311 e. The summed E-state index contributed by atoms with van der Waals surface area (Å²) in [5.74, 6) is 0. The second-order valence-corrected chi connectivity index (χ2v) is 17.5. The van der Waals surface area contributed by atoms with Crippen LogP contribution in [-0.4, -0.2) is 6.71 Å². The molecule has 0 amide bonds. The number of fused-ring (bicyclic) bond motifs is 14. The van der Waals surface area contributed by atoms with Crippen LogP contribution in [0.25, 0.3) is 22.3 Å². The molecule has 4 aliphatic rings. The van der Waals surface area contributed by atoms with Crippen molar-refractivity contribution in [3.63, 3.8) is 0 Å². The van der Waals surface area contributed by atoms with Crippen LogP contribution in [0.1, 0.15) is 22.3 Å². The first-order valence-corrected chi connectivity index (χ1v) is 22.6. The molecule has 1 unspecified atom stereocenters. The molecule has 2 aliphatic heterocycles. The van der Waals surface area contributed by atoms with Gasteiger partial charge in [0.2, 0.25) is 0 Å². The van der Waals surface area contributed by atoms with Crippen molar-refractivity contribution in [1.29, 1.82) is 0 Å². The number of para-hydroxylation sites is 5. The average Bonchev–Trinajstić information content (AvgIpc) is 3.84. The van der Waals surface area contributed by atoms with E-state index in [1.807, 2.05) is 0 Å². The van der Waals surface area contributed by atoms with E-state index in [-0.39, 0.29) is 6.71 Å². The SMILES string of the molecule is c1ccc(N(c2ccccc2)c2cccc3c2-c2ccccc2C32c3ccccc3-c3cc4c(cc32)N(c2ccccc2)c2cccc3c2B4c2ccccc2N3c2ccccc2)cc1. The Morgan fingerprint density at radius 3 is 1.49 bits per heavy atom. The minimum absolute atomic E-state index is 0.0152. The third-order valence-corrected chi connectivity index (χ3v) is 14.4. The standard InChI is InChI=1S/C61H40BN3/c1-5-21-41(22-6-1)63(42-23-7-2-8-24-42)55-36-19-33-50-59(55)46-30-14-16-32-49(46)61(50)48-31-15-13-29-45(48)47-39-53-58(40-51(47)61)65(44-27-11-4-12-28-44)57-38-20-37-56-60(57)62(53)52-34-17-18-35-54(52)64(56)43-25-9-3-10-26-43/h1-40H. The molecular formula is C61H40BN3. The van der Waals surface area contributed by atoms with Crippen LogP contribution in [-0.2, 0) is 5.41 Å². The van der Waals surface area contributed by atoms with E-state index in [1.165, 1.54) is 89.3 Å². The van der Waals surface area contributed by atoms with E-state index in [2.05, 4.69) is 257 Å². The molecule has 2 aliphatic carbocycles. The highest BCUT2D eigenvalue weighted by Gasteiger charge is 2.54. The van der Waals surface area contributed by atoms with Crippen LogP contribution in [0, 0.1) is 0 Å². The molecular weight excluding hydrogens is 786 g/mol. The lowest BCUT2D eigenvalue weighted by Gasteiger charge is -2.44. The molecule has 10 aromatic carbocycles. The first-order valence-electron chi connectivity index (χ1n) is 22.6. The predicted octanol–water partition coefficient (Wildman–Crippen LogP) is 13.6. The zero-order valence-electron chi connectivity index (χ0n) is 35.5. The summed E-state index contributed by atoms with van der Waals surface area (Å²) >= 11 is 0. The zero-order chi connectivity index (χ0) is 42.6. The highest BCUT2D eigenvalue weighted by Crippen LogP contribution is 2.65. The Hall–Kier alpha value is -8.34. The van der Waals surface area contributed by atoms with Gasteiger partial charge in [0.25, 0.3) is 6.71 Å². The molecule has 0 saturated carbocycles. The number of rotatable bonds is 5. The lowest BCUT2D eigenvalue weighted by atomic mass is 9.33. The molecule has 4 heteroatoms. The third kappa shape index (κ3) is 4.91. The summed E-state index contributed by atoms with van der Waals surface area (Å²) in [5.41, 5.74) is 24.4. The molecule has 0 radical (unpaired) electrons. The van der Waals surface area contributed by atoms with Gasteiger partial charge in [-0.3, -0.25) is 0 Å². The maximum absolute atomic E-state index is 2.59. The van der Waals surface area contributed by atoms with Crippen molar-refractivity contribution >= 4 is 74.3 Å². The summed E-state index contributed by atoms with van der Waals surface area (Å²) in [6, 6.07) is 90.1. The van der Waals surface area contributed by atoms with Gasteiger partial charge in [0, 0.05) is 51.1 Å². The summed E-state index contributed by atoms with van der Waals surface area (Å²) in [5, 5.41) is 0. The van der Waals surface area contributed by atoms with E-state index in [4.69, 9.17) is 0 Å². The fourth-order valence-electron chi connectivity index (χ4n) is 12.0. The van der Waals surface area contributed by atoms with E-state index in [1.54, 1.807) is 0 Å². The molecule has 0 saturated heterocycles. The van der Waals surface area contributed by atoms with Crippen LogP contribution in [0.4, 0.5) is 51.2 Å². The summed E-state index contributed by atoms with van der Waals surface area (Å²) in [6.07, 6.45) is 0. The Morgan fingerprint density at radius 1 is 0.338 bits per heavy atom. The molecule has 2 heterocycles. The van der Waals surface area contributed by atoms with Gasteiger partial charge < -0.3 is 14.7 Å². The zero-order valence-corrected chi connectivity index (χ0v) is 35.5. The monoisotopic (exact) mass is 825 g/mol. The lowest BCUT2D eigenvalue weighted by Crippen LogP contribution is -2.61. The van der Waals surface area contributed by atoms with Crippen LogP contribution in [0.3, 0.4) is 0 Å². The fraction of sp³-hybridized carbons (Fsp3) is 0.0164. The van der Waals surface area contributed by atoms with Gasteiger partial charge in [0.15, 0.2) is 0 Å². The van der Waals surface area contributed by atoms with Gasteiger partial charge in [-0.05, 0) is 134 Å². The van der Waals surface area contributed by atoms with Crippen LogP contribution in [0.5, 0.6) is 0 Å². The van der Waals surface area contributed by atoms with Gasteiger partial charge in [-0.25, -0.2) is 0 Å². The van der Waals surface area contributed by atoms with Gasteiger partial charge >= 0.3 is 0 Å². The third-order valence-electron chi connectivity index (χ3n) is 14.4. The Labute approximate surface area is 379 Å². The number of benzene rings is 10. The van der Waals surface area contributed by atoms with E-state index in [0.717, 1.165) is 22.7 Å². The molecule has 3 nitrogen and oxygen atoms in total. The van der Waals surface area contributed by atoms with E-state index in [9.17, 15) is 0 Å². The minimum atomic E-state index is -0.568. The second-order valence-electron chi connectivity index (χ2n) is 17.5. The smallest absolute Gasteiger partial charge is 0.252 e. The summed E-state index contributed by atoms with van der Waals surface area (Å²) in [4.78, 5) is 7.45. The largest absolute Gasteiger partial charge is 0.311 e. The molecule has 0 aromatic heterocycles. The van der Waals surface area contributed by atoms with Crippen molar-refractivity contribution in [2.75, 3.05) is 14.7 Å². The normalized spacial score (nSPS) is 15.4. The Bertz CT molecular complexity index is 3480. The summed E-state index contributed by atoms with van der Waals surface area (Å²) in [6.45, 7) is 0.0152. The van der Waals surface area contributed by atoms with Crippen LogP contribution in [0.2, 0.25) is 0 Å². The first-order chi connectivity index (χ1) is 32.3. The molecule has 10 aromatic rings. The van der Waals surface area contributed by atoms with E-state index >= 15 is 0 Å². The molecule has 14 rings (SSSR count). The van der Waals surface area contributed by atoms with Crippen LogP contribution < -0.4 is 31.1 Å². The summed E-state index contributed by atoms with van der Waals surface area (Å²) < 4.78 is 0. The molecule has 0 N–H and O–H groups in total. The van der Waals surface area contributed by atoms with Crippen molar-refractivity contribution in [1.82, 2.24) is 0 Å². The Morgan fingerprint density at radius 2 is 0.831 bits per heavy atom. The maximum Gasteiger partial charge on any atom is 0.252 e. The van der Waals surface area contributed by atoms with Gasteiger partial charge in [-0.2, -0.15) is 0 Å². The first kappa shape index (κ1) is 36.2. The molecule has 0 fully saturated rings. The quantitative estimate of drug-likeness (QED) is 0.160. The van der Waals surface area contributed by atoms with E-state index < -0.39 is 5.41 Å². The highest BCUT2D eigenvalue weighted by atomic mass is 15.2.